The van der Waals surface area contributed by atoms with Crippen LogP contribution >= 0.6 is 0 Å². The minimum absolute atomic E-state index is 0.221. The standard InChI is InChI=1S/C12H25N3O3/c1-5-18-12(17)10(13)11(16)14-7-6-8-15(4)9(2)3/h9-10H,5-8,13H2,1-4H3,(H,14,16). The molecule has 0 spiro atoms. The van der Waals surface area contributed by atoms with Gasteiger partial charge >= 0.3 is 5.97 Å². The molecule has 6 heteroatoms. The zero-order valence-corrected chi connectivity index (χ0v) is 11.7. The van der Waals surface area contributed by atoms with Crippen LogP contribution in [0.25, 0.3) is 0 Å². The van der Waals surface area contributed by atoms with Crippen molar-refractivity contribution in [3.63, 3.8) is 0 Å². The largest absolute Gasteiger partial charge is 0.464 e. The van der Waals surface area contributed by atoms with E-state index in [1.54, 1.807) is 6.92 Å². The monoisotopic (exact) mass is 259 g/mol. The number of nitrogens with zero attached hydrogens (tertiary/aromatic N) is 1. The summed E-state index contributed by atoms with van der Waals surface area (Å²) in [6.45, 7) is 7.49. The molecule has 0 saturated heterocycles. The van der Waals surface area contributed by atoms with Crippen LogP contribution in [0.2, 0.25) is 0 Å². The van der Waals surface area contributed by atoms with Gasteiger partial charge in [0.2, 0.25) is 5.91 Å². The number of nitrogens with two attached hydrogens (primary N) is 1. The molecule has 3 N–H and O–H groups in total. The first kappa shape index (κ1) is 16.9. The summed E-state index contributed by atoms with van der Waals surface area (Å²) < 4.78 is 4.67. The van der Waals surface area contributed by atoms with E-state index in [-0.39, 0.29) is 6.61 Å². The highest BCUT2D eigenvalue weighted by Crippen LogP contribution is 1.94. The third kappa shape index (κ3) is 6.56. The molecule has 0 aliphatic rings. The zero-order chi connectivity index (χ0) is 14.1. The summed E-state index contributed by atoms with van der Waals surface area (Å²) >= 11 is 0. The molecule has 1 atom stereocenters. The number of hydrogen-bond donors (Lipinski definition) is 2. The van der Waals surface area contributed by atoms with E-state index in [1.165, 1.54) is 0 Å². The first-order valence-corrected chi connectivity index (χ1v) is 6.30. The quantitative estimate of drug-likeness (QED) is 0.356. The zero-order valence-electron chi connectivity index (χ0n) is 11.7. The fraction of sp³-hybridized carbons (Fsp3) is 0.833. The Balaban J connectivity index is 3.80. The molecule has 106 valence electrons. The highest BCUT2D eigenvalue weighted by atomic mass is 16.5. The Bertz CT molecular complexity index is 269. The smallest absolute Gasteiger partial charge is 0.332 e. The van der Waals surface area contributed by atoms with Crippen LogP contribution in [0.4, 0.5) is 0 Å². The Morgan fingerprint density at radius 3 is 2.50 bits per heavy atom. The van der Waals surface area contributed by atoms with Gasteiger partial charge in [-0.3, -0.25) is 4.79 Å². The molecule has 0 fully saturated rings. The van der Waals surface area contributed by atoms with Gasteiger partial charge in [0.15, 0.2) is 6.04 Å². The van der Waals surface area contributed by atoms with Crippen molar-refractivity contribution in [1.82, 2.24) is 10.2 Å². The number of nitrogens with one attached hydrogen (secondary N) is 1. The molecule has 0 aliphatic heterocycles. The lowest BCUT2D eigenvalue weighted by Crippen LogP contribution is -2.47. The van der Waals surface area contributed by atoms with Gasteiger partial charge in [-0.1, -0.05) is 0 Å². The van der Waals surface area contributed by atoms with Crippen molar-refractivity contribution in [1.29, 1.82) is 0 Å². The molecule has 0 saturated carbocycles. The lowest BCUT2D eigenvalue weighted by Gasteiger charge is -2.20. The number of hydrogen-bond acceptors (Lipinski definition) is 5. The maximum atomic E-state index is 11.5. The lowest BCUT2D eigenvalue weighted by atomic mass is 10.2. The summed E-state index contributed by atoms with van der Waals surface area (Å²) in [6, 6.07) is -0.754. The Labute approximate surface area is 109 Å². The molecule has 0 aromatic rings. The summed E-state index contributed by atoms with van der Waals surface area (Å²) in [5.41, 5.74) is 5.44. The second-order valence-corrected chi connectivity index (χ2v) is 4.45. The van der Waals surface area contributed by atoms with Crippen LogP contribution in [0, 0.1) is 0 Å². The molecule has 18 heavy (non-hydrogen) atoms. The number of esters is 1. The van der Waals surface area contributed by atoms with E-state index >= 15 is 0 Å². The van der Waals surface area contributed by atoms with Crippen LogP contribution in [0.1, 0.15) is 27.2 Å². The lowest BCUT2D eigenvalue weighted by molar-refractivity contribution is -0.147. The van der Waals surface area contributed by atoms with Gasteiger partial charge in [-0.2, -0.15) is 0 Å². The van der Waals surface area contributed by atoms with Gasteiger partial charge in [0, 0.05) is 12.6 Å². The normalized spacial score (nSPS) is 12.6. The molecule has 0 aromatic carbocycles. The van der Waals surface area contributed by atoms with Gasteiger partial charge < -0.3 is 20.7 Å². The van der Waals surface area contributed by atoms with Crippen LogP contribution in [0.3, 0.4) is 0 Å². The Kier molecular flexibility index (Phi) is 8.32. The van der Waals surface area contributed by atoms with Gasteiger partial charge in [-0.05, 0) is 40.8 Å². The van der Waals surface area contributed by atoms with Gasteiger partial charge in [0.05, 0.1) is 6.61 Å². The summed E-state index contributed by atoms with van der Waals surface area (Å²) in [7, 11) is 2.02. The van der Waals surface area contributed by atoms with Crippen LogP contribution in [-0.4, -0.2) is 55.6 Å². The first-order valence-electron chi connectivity index (χ1n) is 6.30. The molecule has 0 bridgehead atoms. The van der Waals surface area contributed by atoms with Crippen LogP contribution in [0.5, 0.6) is 0 Å². The molecule has 0 heterocycles. The molecule has 1 unspecified atom stereocenters. The Morgan fingerprint density at radius 2 is 2.00 bits per heavy atom. The fourth-order valence-electron chi connectivity index (χ4n) is 1.25. The fourth-order valence-corrected chi connectivity index (χ4v) is 1.25. The van der Waals surface area contributed by atoms with Crippen LogP contribution in [-0.2, 0) is 14.3 Å². The summed E-state index contributed by atoms with van der Waals surface area (Å²) in [4.78, 5) is 24.9. The van der Waals surface area contributed by atoms with Crippen molar-refractivity contribution < 1.29 is 14.3 Å². The van der Waals surface area contributed by atoms with Crippen molar-refractivity contribution in [2.45, 2.75) is 39.3 Å². The first-order chi connectivity index (χ1) is 8.40. The number of rotatable bonds is 8. The van der Waals surface area contributed by atoms with Gasteiger partial charge in [0.25, 0.3) is 0 Å². The van der Waals surface area contributed by atoms with E-state index in [1.807, 2.05) is 7.05 Å². The van der Waals surface area contributed by atoms with E-state index in [2.05, 4.69) is 28.8 Å². The average Bonchev–Trinajstić information content (AvgIpc) is 2.33. The second-order valence-electron chi connectivity index (χ2n) is 4.45. The second kappa shape index (κ2) is 8.88. The molecule has 1 amide bonds. The van der Waals surface area contributed by atoms with Crippen molar-refractivity contribution in [3.8, 4) is 0 Å². The highest BCUT2D eigenvalue weighted by molar-refractivity contribution is 6.01. The third-order valence-corrected chi connectivity index (χ3v) is 2.69. The van der Waals surface area contributed by atoms with E-state index in [0.29, 0.717) is 12.6 Å². The van der Waals surface area contributed by atoms with Crippen LogP contribution in [0.15, 0.2) is 0 Å². The van der Waals surface area contributed by atoms with Gasteiger partial charge in [-0.15, -0.1) is 0 Å². The molecule has 0 aliphatic carbocycles. The Hall–Kier alpha value is -1.14. The van der Waals surface area contributed by atoms with Gasteiger partial charge in [-0.25, -0.2) is 4.79 Å². The third-order valence-electron chi connectivity index (χ3n) is 2.69. The van der Waals surface area contributed by atoms with Crippen molar-refractivity contribution in [3.05, 3.63) is 0 Å². The van der Waals surface area contributed by atoms with Crippen LogP contribution < -0.4 is 11.1 Å². The van der Waals surface area contributed by atoms with Crippen molar-refractivity contribution in [2.75, 3.05) is 26.7 Å². The molecule has 6 nitrogen and oxygen atoms in total. The predicted molar refractivity (Wildman–Crippen MR) is 70.0 cm³/mol. The number of carbonyl (C=O) groups excluding carboxylic acids is 2. The molecule has 0 radical (unpaired) electrons. The average molecular weight is 259 g/mol. The van der Waals surface area contributed by atoms with E-state index in [0.717, 1.165) is 13.0 Å². The number of carbonyl (C=O) groups is 2. The molecular weight excluding hydrogens is 234 g/mol. The maximum Gasteiger partial charge on any atom is 0.332 e. The SMILES string of the molecule is CCOC(=O)C(N)C(=O)NCCCN(C)C(C)C. The van der Waals surface area contributed by atoms with Crippen molar-refractivity contribution in [2.24, 2.45) is 5.73 Å². The number of ether oxygens (including phenoxy) is 1. The summed E-state index contributed by atoms with van der Waals surface area (Å²) in [6.07, 6.45) is 0.815. The van der Waals surface area contributed by atoms with Crippen molar-refractivity contribution >= 4 is 11.9 Å². The Morgan fingerprint density at radius 1 is 1.39 bits per heavy atom. The summed E-state index contributed by atoms with van der Waals surface area (Å²) in [5.74, 6) is -1.17. The summed E-state index contributed by atoms with van der Waals surface area (Å²) in [5, 5.41) is 2.62. The maximum absolute atomic E-state index is 11.5. The van der Waals surface area contributed by atoms with E-state index < -0.39 is 17.9 Å². The molecule has 0 aromatic heterocycles. The van der Waals surface area contributed by atoms with E-state index in [9.17, 15) is 9.59 Å². The molecule has 0 rings (SSSR count). The minimum Gasteiger partial charge on any atom is -0.464 e. The van der Waals surface area contributed by atoms with E-state index in [4.69, 9.17) is 5.73 Å². The minimum atomic E-state index is -1.23. The highest BCUT2D eigenvalue weighted by Gasteiger charge is 2.22. The number of amides is 1. The predicted octanol–water partition coefficient (Wildman–Crippen LogP) is -0.277. The van der Waals surface area contributed by atoms with Gasteiger partial charge in [0.1, 0.15) is 0 Å². The molecular formula is C12H25N3O3. The topological polar surface area (TPSA) is 84.7 Å².